The molecule has 2 aromatic carbocycles. The molecule has 222 valence electrons. The molecule has 3 rings (SSSR count). The van der Waals surface area contributed by atoms with Crippen molar-refractivity contribution in [3.63, 3.8) is 0 Å². The van der Waals surface area contributed by atoms with Crippen molar-refractivity contribution in [2.75, 3.05) is 40.3 Å². The number of ether oxygens (including phenoxy) is 2. The number of carbonyl (C=O) groups is 3. The van der Waals surface area contributed by atoms with Gasteiger partial charge in [0.1, 0.15) is 12.2 Å². The number of halogens is 1. The highest BCUT2D eigenvalue weighted by molar-refractivity contribution is 5.96. The van der Waals surface area contributed by atoms with Gasteiger partial charge in [-0.1, -0.05) is 38.1 Å². The van der Waals surface area contributed by atoms with E-state index in [2.05, 4.69) is 21.5 Å². The molecule has 40 heavy (non-hydrogen) atoms. The largest absolute Gasteiger partial charge is 0.485 e. The zero-order chi connectivity index (χ0) is 30.7. The minimum absolute atomic E-state index is 0.0214. The van der Waals surface area contributed by atoms with Crippen LogP contribution >= 0.6 is 0 Å². The van der Waals surface area contributed by atoms with Crippen LogP contribution in [0.15, 0.2) is 55.1 Å². The normalized spacial score (nSPS) is 12.6. The first kappa shape index (κ1) is 36.3. The summed E-state index contributed by atoms with van der Waals surface area (Å²) in [6.07, 6.45) is 1.75. The van der Waals surface area contributed by atoms with Crippen LogP contribution in [0.2, 0.25) is 0 Å². The molecule has 0 aromatic heterocycles. The monoisotopic (exact) mass is 559 g/mol. The number of likely N-dealkylation sites (N-methyl/N-ethyl adjacent to an activating group) is 1. The summed E-state index contributed by atoms with van der Waals surface area (Å²) in [7, 11) is 3.51. The molecule has 1 aliphatic rings. The maximum atomic E-state index is 14.2. The van der Waals surface area contributed by atoms with E-state index >= 15 is 0 Å². The second-order valence-corrected chi connectivity index (χ2v) is 9.51. The zero-order valence-corrected chi connectivity index (χ0v) is 25.3. The molecule has 0 atom stereocenters. The maximum Gasteiger partial charge on any atom is 0.293 e. The van der Waals surface area contributed by atoms with Gasteiger partial charge >= 0.3 is 0 Å². The number of hydrogen-bond acceptors (Lipinski definition) is 6. The van der Waals surface area contributed by atoms with Crippen LogP contribution in [0.4, 0.5) is 4.39 Å². The van der Waals surface area contributed by atoms with E-state index in [4.69, 9.17) is 4.74 Å². The highest BCUT2D eigenvalue weighted by atomic mass is 19.1. The molecule has 9 heteroatoms. The highest BCUT2D eigenvalue weighted by Crippen LogP contribution is 2.24. The molecule has 2 amide bonds. The fraction of sp³-hybridized carbons (Fsp3) is 0.452. The summed E-state index contributed by atoms with van der Waals surface area (Å²) >= 11 is 0. The van der Waals surface area contributed by atoms with Crippen LogP contribution in [-0.4, -0.2) is 74.0 Å². The number of rotatable bonds is 6. The van der Waals surface area contributed by atoms with Crippen LogP contribution < -0.4 is 10.1 Å². The van der Waals surface area contributed by atoms with E-state index in [9.17, 15) is 18.8 Å². The molecule has 1 fully saturated rings. The fourth-order valence-electron chi connectivity index (χ4n) is 3.26. The number of nitrogens with one attached hydrogen (secondary N) is 1. The van der Waals surface area contributed by atoms with E-state index in [-0.39, 0.29) is 29.4 Å². The average molecular weight is 560 g/mol. The van der Waals surface area contributed by atoms with Gasteiger partial charge in [-0.2, -0.15) is 0 Å². The Morgan fingerprint density at radius 3 is 2.15 bits per heavy atom. The third-order valence-electron chi connectivity index (χ3n) is 5.19. The molecule has 0 bridgehead atoms. The van der Waals surface area contributed by atoms with E-state index in [1.54, 1.807) is 30.3 Å². The molecule has 1 N–H and O–H groups in total. The molecular formula is C31H46FN3O5. The van der Waals surface area contributed by atoms with E-state index in [1.807, 2.05) is 53.5 Å². The van der Waals surface area contributed by atoms with Crippen LogP contribution in [0.5, 0.6) is 5.75 Å². The molecule has 0 saturated carbocycles. The number of hydrogen-bond donors (Lipinski definition) is 1. The van der Waals surface area contributed by atoms with E-state index < -0.39 is 11.7 Å². The Morgan fingerprint density at radius 1 is 1.07 bits per heavy atom. The lowest BCUT2D eigenvalue weighted by atomic mass is 10.1. The summed E-state index contributed by atoms with van der Waals surface area (Å²) in [6.45, 7) is 18.3. The highest BCUT2D eigenvalue weighted by Gasteiger charge is 2.21. The number of nitrogens with zero attached hydrogens (tertiary/aromatic N) is 2. The van der Waals surface area contributed by atoms with Crippen LogP contribution in [0, 0.1) is 5.82 Å². The Kier molecular flexibility index (Phi) is 17.6. The van der Waals surface area contributed by atoms with Gasteiger partial charge in [-0.25, -0.2) is 4.39 Å². The van der Waals surface area contributed by atoms with Gasteiger partial charge in [0, 0.05) is 38.8 Å². The molecule has 0 radical (unpaired) electrons. The van der Waals surface area contributed by atoms with Gasteiger partial charge < -0.3 is 24.6 Å². The molecule has 0 unspecified atom stereocenters. The van der Waals surface area contributed by atoms with Gasteiger partial charge in [0.25, 0.3) is 18.3 Å². The predicted octanol–water partition coefficient (Wildman–Crippen LogP) is 5.33. The second kappa shape index (κ2) is 19.4. The number of piperazine rings is 1. The number of para-hydroxylation sites is 1. The quantitative estimate of drug-likeness (QED) is 0.380. The van der Waals surface area contributed by atoms with Crippen LogP contribution in [-0.2, 0) is 16.1 Å². The van der Waals surface area contributed by atoms with Crippen molar-refractivity contribution in [2.45, 2.75) is 53.8 Å². The van der Waals surface area contributed by atoms with Crippen LogP contribution in [0.3, 0.4) is 0 Å². The van der Waals surface area contributed by atoms with Gasteiger partial charge in [0.15, 0.2) is 11.6 Å². The van der Waals surface area contributed by atoms with Crippen molar-refractivity contribution in [1.29, 1.82) is 0 Å². The molecule has 0 spiro atoms. The van der Waals surface area contributed by atoms with Crippen molar-refractivity contribution in [3.05, 3.63) is 77.6 Å². The predicted molar refractivity (Wildman–Crippen MR) is 158 cm³/mol. The standard InChI is InChI=1S/C21H24FN3O3.C5H10O2.C3H6.C2H6/c1-23-20(26)17-7-4-8-18(22)19(17)28-14-15-5-3-6-16(13-15)21(27)25-11-9-24(2)10-12-25;1-5(2,3)7-4-6;1-3-2;1-2/h3-8,13H,9-12,14H2,1-2H3,(H,23,26);4H,1-3H3;3H,1H2,2H3;1-2H3. The summed E-state index contributed by atoms with van der Waals surface area (Å²) in [5, 5.41) is 2.47. The van der Waals surface area contributed by atoms with Crippen LogP contribution in [0.25, 0.3) is 0 Å². The van der Waals surface area contributed by atoms with Crippen molar-refractivity contribution in [3.8, 4) is 5.75 Å². The SMILES string of the molecule is C=CC.CC.CC(C)(C)OC=O.CNC(=O)c1cccc(F)c1OCc1cccc(C(=O)N2CCN(C)CC2)c1. The van der Waals surface area contributed by atoms with Gasteiger partial charge in [0.05, 0.1) is 5.56 Å². The van der Waals surface area contributed by atoms with E-state index in [1.165, 1.54) is 25.2 Å². The summed E-state index contributed by atoms with van der Waals surface area (Å²) < 4.78 is 24.3. The third kappa shape index (κ3) is 13.4. The lowest BCUT2D eigenvalue weighted by Gasteiger charge is -2.32. The number of benzene rings is 2. The Hall–Kier alpha value is -3.72. The van der Waals surface area contributed by atoms with Gasteiger partial charge in [-0.3, -0.25) is 14.4 Å². The van der Waals surface area contributed by atoms with Crippen LogP contribution in [0.1, 0.15) is 67.8 Å². The van der Waals surface area contributed by atoms with Gasteiger partial charge in [0.2, 0.25) is 0 Å². The average Bonchev–Trinajstić information content (AvgIpc) is 2.93. The fourth-order valence-corrected chi connectivity index (χ4v) is 3.26. The summed E-state index contributed by atoms with van der Waals surface area (Å²) in [5.74, 6) is -1.15. The smallest absolute Gasteiger partial charge is 0.293 e. The Labute approximate surface area is 239 Å². The first-order chi connectivity index (χ1) is 19.0. The van der Waals surface area contributed by atoms with Crippen molar-refractivity contribution < 1.29 is 28.2 Å². The first-order valence-electron chi connectivity index (χ1n) is 13.4. The molecule has 2 aromatic rings. The van der Waals surface area contributed by atoms with Crippen molar-refractivity contribution in [2.24, 2.45) is 0 Å². The molecule has 1 aliphatic heterocycles. The number of allylic oxidation sites excluding steroid dienone is 1. The zero-order valence-electron chi connectivity index (χ0n) is 25.3. The van der Waals surface area contributed by atoms with E-state index in [0.717, 1.165) is 18.7 Å². The number of amides is 2. The minimum atomic E-state index is -0.606. The van der Waals surface area contributed by atoms with Crippen molar-refractivity contribution >= 4 is 18.3 Å². The second-order valence-electron chi connectivity index (χ2n) is 9.51. The Morgan fingerprint density at radius 2 is 1.65 bits per heavy atom. The summed E-state index contributed by atoms with van der Waals surface area (Å²) in [6, 6.07) is 11.3. The molecule has 8 nitrogen and oxygen atoms in total. The Bertz CT molecular complexity index is 1060. The topological polar surface area (TPSA) is 88.2 Å². The molecule has 0 aliphatic carbocycles. The number of carbonyl (C=O) groups excluding carboxylic acids is 3. The minimum Gasteiger partial charge on any atom is -0.485 e. The molecule has 1 heterocycles. The third-order valence-corrected chi connectivity index (χ3v) is 5.19. The van der Waals surface area contributed by atoms with E-state index in [0.29, 0.717) is 25.1 Å². The summed E-state index contributed by atoms with van der Waals surface area (Å²) in [4.78, 5) is 38.3. The summed E-state index contributed by atoms with van der Waals surface area (Å²) in [5.41, 5.74) is 1.12. The van der Waals surface area contributed by atoms with Gasteiger partial charge in [-0.15, -0.1) is 6.58 Å². The molecular weight excluding hydrogens is 513 g/mol. The molecule has 1 saturated heterocycles. The van der Waals surface area contributed by atoms with Gasteiger partial charge in [-0.05, 0) is 64.6 Å². The maximum absolute atomic E-state index is 14.2. The lowest BCUT2D eigenvalue weighted by Crippen LogP contribution is -2.47. The Balaban J connectivity index is 0.00000108. The first-order valence-corrected chi connectivity index (χ1v) is 13.4. The lowest BCUT2D eigenvalue weighted by molar-refractivity contribution is -0.138. The van der Waals surface area contributed by atoms with Crippen molar-refractivity contribution in [1.82, 2.24) is 15.1 Å².